The predicted molar refractivity (Wildman–Crippen MR) is 72.4 cm³/mol. The van der Waals surface area contributed by atoms with E-state index in [1.807, 2.05) is 6.92 Å². The molecule has 0 saturated heterocycles. The summed E-state index contributed by atoms with van der Waals surface area (Å²) in [5.74, 6) is 0.123. The number of ether oxygens (including phenoxy) is 1. The number of hydrogen-bond donors (Lipinski definition) is 4. The van der Waals surface area contributed by atoms with Gasteiger partial charge in [-0.05, 0) is 6.42 Å². The fourth-order valence-corrected chi connectivity index (χ4v) is 1.62. The zero-order valence-electron chi connectivity index (χ0n) is 10.9. The van der Waals surface area contributed by atoms with E-state index >= 15 is 0 Å². The Morgan fingerprint density at radius 1 is 1.42 bits per heavy atom. The SMILES string of the molecule is CCCn1c(N)c(NCCOCCO)c(=O)[nH]c1=O. The highest BCUT2D eigenvalue weighted by atomic mass is 16.5. The molecular weight excluding hydrogens is 252 g/mol. The van der Waals surface area contributed by atoms with Crippen LogP contribution < -0.4 is 22.3 Å². The number of aromatic amines is 1. The quantitative estimate of drug-likeness (QED) is 0.448. The van der Waals surface area contributed by atoms with Gasteiger partial charge >= 0.3 is 5.69 Å². The van der Waals surface area contributed by atoms with Gasteiger partial charge in [-0.25, -0.2) is 4.79 Å². The van der Waals surface area contributed by atoms with Crippen molar-refractivity contribution in [2.24, 2.45) is 0 Å². The first-order chi connectivity index (χ1) is 9.11. The van der Waals surface area contributed by atoms with E-state index in [9.17, 15) is 9.59 Å². The van der Waals surface area contributed by atoms with Gasteiger partial charge in [-0.1, -0.05) is 6.92 Å². The molecule has 0 radical (unpaired) electrons. The smallest absolute Gasteiger partial charge is 0.330 e. The van der Waals surface area contributed by atoms with Crippen LogP contribution in [0.25, 0.3) is 0 Å². The predicted octanol–water partition coefficient (Wildman–Crippen LogP) is -1.05. The monoisotopic (exact) mass is 272 g/mol. The number of aliphatic hydroxyl groups is 1. The summed E-state index contributed by atoms with van der Waals surface area (Å²) in [4.78, 5) is 25.4. The maximum absolute atomic E-state index is 11.6. The lowest BCUT2D eigenvalue weighted by Crippen LogP contribution is -2.34. The maximum atomic E-state index is 11.6. The van der Waals surface area contributed by atoms with Crippen molar-refractivity contribution in [3.05, 3.63) is 20.8 Å². The molecule has 1 aromatic heterocycles. The summed E-state index contributed by atoms with van der Waals surface area (Å²) in [6.07, 6.45) is 0.731. The third kappa shape index (κ3) is 4.11. The summed E-state index contributed by atoms with van der Waals surface area (Å²) in [6.45, 7) is 3.22. The van der Waals surface area contributed by atoms with Crippen LogP contribution >= 0.6 is 0 Å². The Morgan fingerprint density at radius 2 is 2.16 bits per heavy atom. The minimum absolute atomic E-state index is 0.0515. The number of hydrogen-bond acceptors (Lipinski definition) is 6. The largest absolute Gasteiger partial charge is 0.394 e. The molecule has 0 unspecified atom stereocenters. The Morgan fingerprint density at radius 3 is 2.79 bits per heavy atom. The molecule has 1 heterocycles. The van der Waals surface area contributed by atoms with E-state index in [0.29, 0.717) is 19.7 Å². The van der Waals surface area contributed by atoms with Gasteiger partial charge in [0, 0.05) is 13.1 Å². The molecule has 0 saturated carbocycles. The Kier molecular flexibility index (Phi) is 6.10. The summed E-state index contributed by atoms with van der Waals surface area (Å²) in [6, 6.07) is 0. The highest BCUT2D eigenvalue weighted by Crippen LogP contribution is 2.09. The Labute approximate surface area is 110 Å². The molecule has 0 bridgehead atoms. The summed E-state index contributed by atoms with van der Waals surface area (Å²) < 4.78 is 6.37. The first kappa shape index (κ1) is 15.3. The van der Waals surface area contributed by atoms with Crippen LogP contribution in [0.1, 0.15) is 13.3 Å². The third-order valence-electron chi connectivity index (χ3n) is 2.47. The normalized spacial score (nSPS) is 10.6. The Bertz CT molecular complexity index is 508. The first-order valence-electron chi connectivity index (χ1n) is 6.16. The molecular formula is C11H20N4O4. The van der Waals surface area contributed by atoms with Crippen molar-refractivity contribution in [2.45, 2.75) is 19.9 Å². The molecule has 1 rings (SSSR count). The molecule has 1 aromatic rings. The first-order valence-corrected chi connectivity index (χ1v) is 6.16. The van der Waals surface area contributed by atoms with Crippen LogP contribution in [0.3, 0.4) is 0 Å². The molecule has 0 aliphatic rings. The van der Waals surface area contributed by atoms with Crippen molar-refractivity contribution in [2.75, 3.05) is 37.4 Å². The van der Waals surface area contributed by atoms with Crippen LogP contribution in [0, 0.1) is 0 Å². The summed E-state index contributed by atoms with van der Waals surface area (Å²) >= 11 is 0. The number of nitrogens with two attached hydrogens (primary N) is 1. The molecule has 5 N–H and O–H groups in total. The van der Waals surface area contributed by atoms with Crippen molar-refractivity contribution in [3.63, 3.8) is 0 Å². The van der Waals surface area contributed by atoms with Gasteiger partial charge in [-0.3, -0.25) is 14.3 Å². The van der Waals surface area contributed by atoms with Crippen molar-refractivity contribution in [3.8, 4) is 0 Å². The van der Waals surface area contributed by atoms with E-state index in [4.69, 9.17) is 15.6 Å². The molecule has 8 heteroatoms. The Balaban J connectivity index is 2.80. The molecule has 19 heavy (non-hydrogen) atoms. The zero-order chi connectivity index (χ0) is 14.3. The van der Waals surface area contributed by atoms with Gasteiger partial charge in [0.2, 0.25) is 0 Å². The topological polar surface area (TPSA) is 122 Å². The van der Waals surface area contributed by atoms with E-state index < -0.39 is 11.2 Å². The van der Waals surface area contributed by atoms with Crippen molar-refractivity contribution in [1.29, 1.82) is 0 Å². The molecule has 0 aliphatic carbocycles. The fraction of sp³-hybridized carbons (Fsp3) is 0.636. The van der Waals surface area contributed by atoms with Crippen molar-refractivity contribution in [1.82, 2.24) is 9.55 Å². The number of rotatable bonds is 8. The number of nitrogens with one attached hydrogen (secondary N) is 2. The zero-order valence-corrected chi connectivity index (χ0v) is 10.9. The second-order valence-corrected chi connectivity index (χ2v) is 3.93. The lowest BCUT2D eigenvalue weighted by molar-refractivity contribution is 0.0992. The van der Waals surface area contributed by atoms with Gasteiger partial charge in [0.15, 0.2) is 0 Å². The van der Waals surface area contributed by atoms with Gasteiger partial charge in [-0.15, -0.1) is 0 Å². The molecule has 8 nitrogen and oxygen atoms in total. The minimum Gasteiger partial charge on any atom is -0.394 e. The lowest BCUT2D eigenvalue weighted by Gasteiger charge is -2.13. The second-order valence-electron chi connectivity index (χ2n) is 3.93. The highest BCUT2D eigenvalue weighted by molar-refractivity contribution is 5.60. The maximum Gasteiger partial charge on any atom is 0.330 e. The van der Waals surface area contributed by atoms with E-state index in [1.165, 1.54) is 4.57 Å². The van der Waals surface area contributed by atoms with Gasteiger partial charge in [0.1, 0.15) is 11.5 Å². The van der Waals surface area contributed by atoms with Gasteiger partial charge < -0.3 is 20.9 Å². The molecule has 0 atom stereocenters. The van der Waals surface area contributed by atoms with Crippen molar-refractivity contribution >= 4 is 11.5 Å². The van der Waals surface area contributed by atoms with E-state index in [1.54, 1.807) is 0 Å². The standard InChI is InChI=1S/C11H20N4O4/c1-2-4-15-9(12)8(10(17)14-11(15)18)13-3-6-19-7-5-16/h13,16H,2-7,12H2,1H3,(H,14,17,18). The van der Waals surface area contributed by atoms with E-state index in [0.717, 1.165) is 6.42 Å². The number of anilines is 2. The summed E-state index contributed by atoms with van der Waals surface area (Å²) in [7, 11) is 0. The highest BCUT2D eigenvalue weighted by Gasteiger charge is 2.10. The molecule has 0 aromatic carbocycles. The van der Waals surface area contributed by atoms with Gasteiger partial charge in [0.05, 0.1) is 19.8 Å². The summed E-state index contributed by atoms with van der Waals surface area (Å²) in [5, 5.41) is 11.4. The van der Waals surface area contributed by atoms with Crippen LogP contribution in [0.4, 0.5) is 11.5 Å². The van der Waals surface area contributed by atoms with E-state index in [2.05, 4.69) is 10.3 Å². The number of H-pyrrole nitrogens is 1. The fourth-order valence-electron chi connectivity index (χ4n) is 1.62. The van der Waals surface area contributed by atoms with E-state index in [-0.39, 0.29) is 24.7 Å². The number of nitrogens with zero attached hydrogens (tertiary/aromatic N) is 1. The molecule has 0 spiro atoms. The third-order valence-corrected chi connectivity index (χ3v) is 2.47. The average Bonchev–Trinajstić information content (AvgIpc) is 2.37. The number of aliphatic hydroxyl groups excluding tert-OH is 1. The molecule has 0 fully saturated rings. The minimum atomic E-state index is -0.544. The average molecular weight is 272 g/mol. The number of nitrogen functional groups attached to an aromatic ring is 1. The van der Waals surface area contributed by atoms with Crippen LogP contribution in [0.15, 0.2) is 9.59 Å². The second kappa shape index (κ2) is 7.59. The number of aromatic nitrogens is 2. The Hall–Kier alpha value is -1.80. The van der Waals surface area contributed by atoms with Crippen LogP contribution in [0.2, 0.25) is 0 Å². The lowest BCUT2D eigenvalue weighted by atomic mass is 10.4. The van der Waals surface area contributed by atoms with Crippen LogP contribution in [0.5, 0.6) is 0 Å². The molecule has 0 amide bonds. The van der Waals surface area contributed by atoms with Crippen molar-refractivity contribution < 1.29 is 9.84 Å². The van der Waals surface area contributed by atoms with Gasteiger partial charge in [-0.2, -0.15) is 0 Å². The van der Waals surface area contributed by atoms with Crippen LogP contribution in [-0.2, 0) is 11.3 Å². The summed E-state index contributed by atoms with van der Waals surface area (Å²) in [5.41, 5.74) is 4.93. The van der Waals surface area contributed by atoms with Gasteiger partial charge in [0.25, 0.3) is 5.56 Å². The molecule has 0 aliphatic heterocycles. The van der Waals surface area contributed by atoms with Crippen LogP contribution in [-0.4, -0.2) is 41.0 Å². The molecule has 108 valence electrons.